The number of methoxy groups -OCH3 is 1. The van der Waals surface area contributed by atoms with Gasteiger partial charge in [0.05, 0.1) is 19.0 Å². The number of ether oxygens (including phenoxy) is 1. The number of rotatable bonds is 2. The molecule has 4 bridgehead atoms. The molecule has 4 saturated carbocycles. The third-order valence-electron chi connectivity index (χ3n) is 5.31. The van der Waals surface area contributed by atoms with Gasteiger partial charge in [-0.25, -0.2) is 0 Å². The van der Waals surface area contributed by atoms with E-state index in [1.165, 1.54) is 32.1 Å². The first-order valence-corrected chi connectivity index (χ1v) is 7.07. The van der Waals surface area contributed by atoms with E-state index in [1.54, 1.807) is 7.11 Å². The lowest BCUT2D eigenvalue weighted by Gasteiger charge is -2.54. The van der Waals surface area contributed by atoms with Crippen molar-refractivity contribution in [3.63, 3.8) is 0 Å². The fraction of sp³-hybridized carbons (Fsp3) is 0.786. The summed E-state index contributed by atoms with van der Waals surface area (Å²) in [7, 11) is 1.61. The minimum absolute atomic E-state index is 0.418. The van der Waals surface area contributed by atoms with Crippen LogP contribution >= 0.6 is 0 Å². The van der Waals surface area contributed by atoms with Crippen LogP contribution < -0.4 is 4.74 Å². The average molecular weight is 245 g/mol. The third kappa shape index (κ3) is 1.54. The van der Waals surface area contributed by atoms with Crippen molar-refractivity contribution in [3.8, 4) is 6.01 Å². The van der Waals surface area contributed by atoms with E-state index in [2.05, 4.69) is 15.2 Å². The number of aromatic nitrogens is 3. The first kappa shape index (κ1) is 10.7. The van der Waals surface area contributed by atoms with Gasteiger partial charge >= 0.3 is 6.01 Å². The SMILES string of the molecule is COc1nncc(C2C3CC4CC(C3)CC2C4)n1. The van der Waals surface area contributed by atoms with Gasteiger partial charge in [-0.15, -0.1) is 0 Å². The number of hydrogen-bond acceptors (Lipinski definition) is 4. The largest absolute Gasteiger partial charge is 0.466 e. The molecule has 5 rings (SSSR count). The lowest BCUT2D eigenvalue weighted by molar-refractivity contribution is -0.00452. The van der Waals surface area contributed by atoms with Crippen LogP contribution in [0.25, 0.3) is 0 Å². The lowest BCUT2D eigenvalue weighted by Crippen LogP contribution is -2.44. The van der Waals surface area contributed by atoms with Crippen LogP contribution in [0.4, 0.5) is 0 Å². The fourth-order valence-electron chi connectivity index (χ4n) is 4.95. The highest BCUT2D eigenvalue weighted by Gasteiger charge is 2.49. The standard InChI is InChI=1S/C14H19N3O/c1-18-14-16-12(7-15-17-14)13-10-3-8-2-9(5-10)6-11(13)4-8/h7-11,13H,2-6H2,1H3. The number of hydrogen-bond donors (Lipinski definition) is 0. The molecule has 96 valence electrons. The molecule has 1 aromatic rings. The van der Waals surface area contributed by atoms with Crippen molar-refractivity contribution in [3.05, 3.63) is 11.9 Å². The van der Waals surface area contributed by atoms with Crippen LogP contribution in [0, 0.1) is 23.7 Å². The minimum Gasteiger partial charge on any atom is -0.466 e. The Morgan fingerprint density at radius 2 is 1.72 bits per heavy atom. The predicted octanol–water partition coefficient (Wildman–Crippen LogP) is 2.42. The Bertz CT molecular complexity index is 434. The molecule has 0 saturated heterocycles. The molecule has 0 N–H and O–H groups in total. The molecule has 1 aromatic heterocycles. The Labute approximate surface area is 107 Å². The molecule has 0 aliphatic heterocycles. The molecule has 4 nitrogen and oxygen atoms in total. The van der Waals surface area contributed by atoms with Crippen molar-refractivity contribution >= 4 is 0 Å². The molecule has 4 heteroatoms. The quantitative estimate of drug-likeness (QED) is 0.803. The molecule has 4 fully saturated rings. The zero-order chi connectivity index (χ0) is 12.1. The summed E-state index contributed by atoms with van der Waals surface area (Å²) in [5.41, 5.74) is 1.12. The summed E-state index contributed by atoms with van der Waals surface area (Å²) >= 11 is 0. The van der Waals surface area contributed by atoms with E-state index in [9.17, 15) is 0 Å². The topological polar surface area (TPSA) is 47.9 Å². The molecule has 0 amide bonds. The molecule has 1 heterocycles. The molecular formula is C14H19N3O. The molecule has 0 radical (unpaired) electrons. The smallest absolute Gasteiger partial charge is 0.335 e. The van der Waals surface area contributed by atoms with E-state index in [4.69, 9.17) is 4.74 Å². The van der Waals surface area contributed by atoms with Gasteiger partial charge in [0.1, 0.15) is 0 Å². The highest BCUT2D eigenvalue weighted by Crippen LogP contribution is 2.59. The maximum Gasteiger partial charge on any atom is 0.335 e. The maximum absolute atomic E-state index is 5.11. The molecule has 4 aliphatic rings. The van der Waals surface area contributed by atoms with Crippen LogP contribution in [0.2, 0.25) is 0 Å². The van der Waals surface area contributed by atoms with Gasteiger partial charge in [-0.1, -0.05) is 5.10 Å². The second-order valence-corrected chi connectivity index (χ2v) is 6.32. The maximum atomic E-state index is 5.11. The Kier molecular flexibility index (Phi) is 2.32. The average Bonchev–Trinajstić information content (AvgIpc) is 2.38. The fourth-order valence-corrected chi connectivity index (χ4v) is 4.95. The molecule has 0 unspecified atom stereocenters. The predicted molar refractivity (Wildman–Crippen MR) is 66.2 cm³/mol. The summed E-state index contributed by atoms with van der Waals surface area (Å²) in [6.45, 7) is 0. The molecule has 0 spiro atoms. The van der Waals surface area contributed by atoms with Crippen LogP contribution in [0.1, 0.15) is 43.7 Å². The van der Waals surface area contributed by atoms with Crippen molar-refractivity contribution in [1.29, 1.82) is 0 Å². The number of nitrogens with zero attached hydrogens (tertiary/aromatic N) is 3. The van der Waals surface area contributed by atoms with E-state index in [0.29, 0.717) is 11.9 Å². The first-order chi connectivity index (χ1) is 8.83. The molecular weight excluding hydrogens is 226 g/mol. The Balaban J connectivity index is 1.68. The highest BCUT2D eigenvalue weighted by atomic mass is 16.5. The Hall–Kier alpha value is -1.19. The van der Waals surface area contributed by atoms with E-state index in [-0.39, 0.29) is 0 Å². The van der Waals surface area contributed by atoms with E-state index >= 15 is 0 Å². The zero-order valence-corrected chi connectivity index (χ0v) is 10.7. The van der Waals surface area contributed by atoms with Crippen LogP contribution in [-0.4, -0.2) is 22.3 Å². The van der Waals surface area contributed by atoms with Crippen LogP contribution in [-0.2, 0) is 0 Å². The van der Waals surface area contributed by atoms with E-state index in [0.717, 1.165) is 29.4 Å². The summed E-state index contributed by atoms with van der Waals surface area (Å²) in [5, 5.41) is 7.94. The monoisotopic (exact) mass is 245 g/mol. The highest BCUT2D eigenvalue weighted by molar-refractivity contribution is 5.15. The van der Waals surface area contributed by atoms with Crippen molar-refractivity contribution in [2.24, 2.45) is 23.7 Å². The second-order valence-electron chi connectivity index (χ2n) is 6.32. The van der Waals surface area contributed by atoms with Crippen LogP contribution in [0.15, 0.2) is 6.20 Å². The molecule has 0 atom stereocenters. The third-order valence-corrected chi connectivity index (χ3v) is 5.31. The summed E-state index contributed by atoms with van der Waals surface area (Å²) in [4.78, 5) is 4.54. The van der Waals surface area contributed by atoms with Crippen molar-refractivity contribution in [1.82, 2.24) is 15.2 Å². The molecule has 18 heavy (non-hydrogen) atoms. The Morgan fingerprint density at radius 1 is 1.06 bits per heavy atom. The zero-order valence-electron chi connectivity index (χ0n) is 10.7. The van der Waals surface area contributed by atoms with Crippen molar-refractivity contribution in [2.45, 2.75) is 38.0 Å². The molecule has 0 aromatic carbocycles. The van der Waals surface area contributed by atoms with E-state index < -0.39 is 0 Å². The first-order valence-electron chi connectivity index (χ1n) is 7.07. The van der Waals surface area contributed by atoms with Gasteiger partial charge in [-0.05, 0) is 55.8 Å². The van der Waals surface area contributed by atoms with Crippen LogP contribution in [0.5, 0.6) is 6.01 Å². The van der Waals surface area contributed by atoms with Gasteiger partial charge in [0.2, 0.25) is 0 Å². The van der Waals surface area contributed by atoms with Crippen molar-refractivity contribution < 1.29 is 4.74 Å². The van der Waals surface area contributed by atoms with Crippen LogP contribution in [0.3, 0.4) is 0 Å². The van der Waals surface area contributed by atoms with Gasteiger partial charge in [0.25, 0.3) is 0 Å². The minimum atomic E-state index is 0.418. The summed E-state index contributed by atoms with van der Waals surface area (Å²) in [5.74, 6) is 4.29. The summed E-state index contributed by atoms with van der Waals surface area (Å²) in [6, 6.07) is 0.418. The molecule has 4 aliphatic carbocycles. The van der Waals surface area contributed by atoms with E-state index in [1.807, 2.05) is 6.20 Å². The van der Waals surface area contributed by atoms with Gasteiger partial charge in [-0.2, -0.15) is 10.1 Å². The summed E-state index contributed by atoms with van der Waals surface area (Å²) < 4.78 is 5.11. The summed E-state index contributed by atoms with van der Waals surface area (Å²) in [6.07, 6.45) is 8.97. The van der Waals surface area contributed by atoms with Gasteiger partial charge in [0.15, 0.2) is 0 Å². The Morgan fingerprint density at radius 3 is 2.33 bits per heavy atom. The van der Waals surface area contributed by atoms with Gasteiger partial charge < -0.3 is 4.74 Å². The normalized spacial score (nSPS) is 41.1. The second kappa shape index (κ2) is 3.90. The van der Waals surface area contributed by atoms with Gasteiger partial charge in [0, 0.05) is 5.92 Å². The van der Waals surface area contributed by atoms with Gasteiger partial charge in [-0.3, -0.25) is 0 Å². The van der Waals surface area contributed by atoms with Crippen molar-refractivity contribution in [2.75, 3.05) is 7.11 Å². The lowest BCUT2D eigenvalue weighted by atomic mass is 9.51.